The van der Waals surface area contributed by atoms with E-state index in [-0.39, 0.29) is 11.9 Å². The third-order valence-corrected chi connectivity index (χ3v) is 4.22. The van der Waals surface area contributed by atoms with Gasteiger partial charge in [-0.3, -0.25) is 4.79 Å². The third-order valence-electron chi connectivity index (χ3n) is 4.22. The molecule has 3 rings (SSSR count). The Morgan fingerprint density at radius 2 is 2.17 bits per heavy atom. The van der Waals surface area contributed by atoms with Crippen molar-refractivity contribution in [2.45, 2.75) is 25.3 Å². The van der Waals surface area contributed by atoms with Crippen molar-refractivity contribution in [3.8, 4) is 0 Å². The first-order chi connectivity index (χ1) is 11.1. The van der Waals surface area contributed by atoms with Crippen LogP contribution in [0.3, 0.4) is 0 Å². The number of nitrogens with zero attached hydrogens (tertiary/aromatic N) is 2. The van der Waals surface area contributed by atoms with Crippen LogP contribution in [0.4, 0.5) is 5.82 Å². The van der Waals surface area contributed by atoms with Crippen molar-refractivity contribution >= 4 is 11.7 Å². The molecule has 0 bridgehead atoms. The van der Waals surface area contributed by atoms with Crippen LogP contribution in [0.25, 0.3) is 0 Å². The molecule has 0 spiro atoms. The van der Waals surface area contributed by atoms with Crippen molar-refractivity contribution in [2.24, 2.45) is 5.73 Å². The molecule has 1 aliphatic rings. The molecule has 1 aromatic carbocycles. The van der Waals surface area contributed by atoms with Crippen LogP contribution in [-0.4, -0.2) is 41.6 Å². The van der Waals surface area contributed by atoms with Crippen LogP contribution in [-0.2, 0) is 4.79 Å². The smallest absolute Gasteiger partial charge is 0.226 e. The number of nitrogens with one attached hydrogen (secondary N) is 1. The van der Waals surface area contributed by atoms with Crippen LogP contribution in [0.5, 0.6) is 0 Å². The molecule has 122 valence electrons. The molecule has 6 heteroatoms. The molecule has 6 nitrogen and oxygen atoms in total. The molecule has 0 aliphatic carbocycles. The molecule has 1 aromatic heterocycles. The van der Waals surface area contributed by atoms with Crippen LogP contribution < -0.4 is 11.1 Å². The summed E-state index contributed by atoms with van der Waals surface area (Å²) in [5.74, 6) is 1.41. The minimum absolute atomic E-state index is 0.0602. The number of amides is 1. The van der Waals surface area contributed by atoms with Crippen LogP contribution in [0.2, 0.25) is 0 Å². The molecular formula is C17H22N4O2. The monoisotopic (exact) mass is 314 g/mol. The minimum Gasteiger partial charge on any atom is -0.360 e. The molecule has 1 amide bonds. The van der Waals surface area contributed by atoms with Crippen molar-refractivity contribution < 1.29 is 9.32 Å². The Labute approximate surface area is 135 Å². The van der Waals surface area contributed by atoms with Crippen LogP contribution in [0.15, 0.2) is 40.9 Å². The van der Waals surface area contributed by atoms with E-state index >= 15 is 0 Å². The SMILES string of the molecule is Cc1cc(NC(=O)CCN2C[C@@H](N)[C@H](c3ccccc3)C2)no1. The van der Waals surface area contributed by atoms with Gasteiger partial charge in [-0.05, 0) is 12.5 Å². The van der Waals surface area contributed by atoms with Crippen LogP contribution in [0, 0.1) is 6.92 Å². The number of aryl methyl sites for hydroxylation is 1. The van der Waals surface area contributed by atoms with Crippen molar-refractivity contribution in [3.63, 3.8) is 0 Å². The van der Waals surface area contributed by atoms with Gasteiger partial charge >= 0.3 is 0 Å². The molecule has 2 aromatic rings. The topological polar surface area (TPSA) is 84.4 Å². The van der Waals surface area contributed by atoms with Crippen LogP contribution in [0.1, 0.15) is 23.7 Å². The number of likely N-dealkylation sites (tertiary alicyclic amines) is 1. The first-order valence-corrected chi connectivity index (χ1v) is 7.88. The van der Waals surface area contributed by atoms with E-state index in [1.54, 1.807) is 13.0 Å². The van der Waals surface area contributed by atoms with Crippen molar-refractivity contribution in [3.05, 3.63) is 47.7 Å². The highest BCUT2D eigenvalue weighted by molar-refractivity contribution is 5.89. The lowest BCUT2D eigenvalue weighted by Gasteiger charge is -2.15. The number of hydrogen-bond donors (Lipinski definition) is 2. The number of nitrogens with two attached hydrogens (primary N) is 1. The van der Waals surface area contributed by atoms with Gasteiger partial charge in [-0.2, -0.15) is 0 Å². The second kappa shape index (κ2) is 6.93. The van der Waals surface area contributed by atoms with E-state index in [1.807, 2.05) is 18.2 Å². The fourth-order valence-corrected chi connectivity index (χ4v) is 3.04. The van der Waals surface area contributed by atoms with E-state index in [0.717, 1.165) is 13.1 Å². The lowest BCUT2D eigenvalue weighted by atomic mass is 9.95. The van der Waals surface area contributed by atoms with E-state index in [4.69, 9.17) is 10.3 Å². The first-order valence-electron chi connectivity index (χ1n) is 7.88. The molecule has 23 heavy (non-hydrogen) atoms. The highest BCUT2D eigenvalue weighted by atomic mass is 16.5. The van der Waals surface area contributed by atoms with Crippen LogP contribution >= 0.6 is 0 Å². The van der Waals surface area contributed by atoms with E-state index in [1.165, 1.54) is 5.56 Å². The van der Waals surface area contributed by atoms with Gasteiger partial charge in [0.25, 0.3) is 0 Å². The number of carbonyl (C=O) groups excluding carboxylic acids is 1. The van der Waals surface area contributed by atoms with Gasteiger partial charge in [-0.1, -0.05) is 35.5 Å². The molecule has 2 atom stereocenters. The zero-order chi connectivity index (χ0) is 16.2. The quantitative estimate of drug-likeness (QED) is 0.878. The van der Waals surface area contributed by atoms with Crippen molar-refractivity contribution in [2.75, 3.05) is 25.0 Å². The van der Waals surface area contributed by atoms with Gasteiger partial charge in [0.05, 0.1) is 0 Å². The maximum atomic E-state index is 12.0. The predicted molar refractivity (Wildman–Crippen MR) is 88.1 cm³/mol. The lowest BCUT2D eigenvalue weighted by molar-refractivity contribution is -0.116. The zero-order valence-corrected chi connectivity index (χ0v) is 13.2. The van der Waals surface area contributed by atoms with Gasteiger partial charge in [0.1, 0.15) is 5.76 Å². The summed E-state index contributed by atoms with van der Waals surface area (Å²) in [5.41, 5.74) is 7.54. The summed E-state index contributed by atoms with van der Waals surface area (Å²) in [4.78, 5) is 14.2. The Bertz CT molecular complexity index is 656. The predicted octanol–water partition coefficient (Wildman–Crippen LogP) is 1.74. The Hall–Kier alpha value is -2.18. The Morgan fingerprint density at radius 1 is 1.39 bits per heavy atom. The highest BCUT2D eigenvalue weighted by Crippen LogP contribution is 2.26. The van der Waals surface area contributed by atoms with Gasteiger partial charge in [-0.15, -0.1) is 0 Å². The summed E-state index contributed by atoms with van der Waals surface area (Å²) in [6.07, 6.45) is 0.417. The summed E-state index contributed by atoms with van der Waals surface area (Å²) in [6, 6.07) is 12.1. The first kappa shape index (κ1) is 15.7. The van der Waals surface area contributed by atoms with Gasteiger partial charge in [0.15, 0.2) is 5.82 Å². The van der Waals surface area contributed by atoms with E-state index in [0.29, 0.717) is 30.5 Å². The second-order valence-electron chi connectivity index (χ2n) is 6.06. The summed E-state index contributed by atoms with van der Waals surface area (Å²) in [5, 5.41) is 6.50. The zero-order valence-electron chi connectivity index (χ0n) is 13.2. The number of hydrogen-bond acceptors (Lipinski definition) is 5. The minimum atomic E-state index is -0.0602. The van der Waals surface area contributed by atoms with Crippen molar-refractivity contribution in [1.82, 2.24) is 10.1 Å². The summed E-state index contributed by atoms with van der Waals surface area (Å²) < 4.78 is 4.93. The summed E-state index contributed by atoms with van der Waals surface area (Å²) in [7, 11) is 0. The average molecular weight is 314 g/mol. The fraction of sp³-hybridized carbons (Fsp3) is 0.412. The number of carbonyl (C=O) groups is 1. The molecular weight excluding hydrogens is 292 g/mol. The molecule has 0 unspecified atom stereocenters. The molecule has 0 saturated carbocycles. The fourth-order valence-electron chi connectivity index (χ4n) is 3.04. The molecule has 1 fully saturated rings. The second-order valence-corrected chi connectivity index (χ2v) is 6.06. The van der Waals surface area contributed by atoms with E-state index in [2.05, 4.69) is 27.5 Å². The van der Waals surface area contributed by atoms with Gasteiger partial charge < -0.3 is 20.5 Å². The lowest BCUT2D eigenvalue weighted by Crippen LogP contribution is -2.30. The largest absolute Gasteiger partial charge is 0.360 e. The summed E-state index contributed by atoms with van der Waals surface area (Å²) >= 11 is 0. The molecule has 1 saturated heterocycles. The Balaban J connectivity index is 1.49. The number of rotatable bonds is 5. The van der Waals surface area contributed by atoms with E-state index < -0.39 is 0 Å². The van der Waals surface area contributed by atoms with E-state index in [9.17, 15) is 4.79 Å². The molecule has 0 radical (unpaired) electrons. The third kappa shape index (κ3) is 3.97. The van der Waals surface area contributed by atoms with Gasteiger partial charge in [0, 0.05) is 44.1 Å². The standard InChI is InChI=1S/C17H22N4O2/c1-12-9-16(20-23-12)19-17(22)7-8-21-10-14(15(18)11-21)13-5-3-2-4-6-13/h2-6,9,14-15H,7-8,10-11,18H2,1H3,(H,19,20,22)/t14-,15+/m0/s1. The molecule has 2 heterocycles. The Morgan fingerprint density at radius 3 is 2.87 bits per heavy atom. The summed E-state index contributed by atoms with van der Waals surface area (Å²) in [6.45, 7) is 4.19. The number of benzene rings is 1. The number of aromatic nitrogens is 1. The van der Waals surface area contributed by atoms with Crippen molar-refractivity contribution in [1.29, 1.82) is 0 Å². The normalized spacial score (nSPS) is 21.5. The number of anilines is 1. The molecule has 3 N–H and O–H groups in total. The van der Waals surface area contributed by atoms with Gasteiger partial charge in [0.2, 0.25) is 5.91 Å². The highest BCUT2D eigenvalue weighted by Gasteiger charge is 2.31. The average Bonchev–Trinajstić information content (AvgIpc) is 3.12. The van der Waals surface area contributed by atoms with Gasteiger partial charge in [-0.25, -0.2) is 0 Å². The Kier molecular flexibility index (Phi) is 4.73. The maximum absolute atomic E-state index is 12.0. The maximum Gasteiger partial charge on any atom is 0.226 e. The molecule has 1 aliphatic heterocycles.